The Bertz CT molecular complexity index is 751. The van der Waals surface area contributed by atoms with Gasteiger partial charge in [0.25, 0.3) is 0 Å². The highest BCUT2D eigenvalue weighted by molar-refractivity contribution is 5.79. The van der Waals surface area contributed by atoms with E-state index in [4.69, 9.17) is 9.47 Å². The number of amides is 1. The van der Waals surface area contributed by atoms with Crippen LogP contribution >= 0.6 is 0 Å². The fourth-order valence-corrected chi connectivity index (χ4v) is 2.34. The zero-order chi connectivity index (χ0) is 18.9. The third-order valence-electron chi connectivity index (χ3n) is 3.74. The maximum absolute atomic E-state index is 13.7. The Hall–Kier alpha value is -3.09. The quantitative estimate of drug-likeness (QED) is 0.754. The van der Waals surface area contributed by atoms with Crippen molar-refractivity contribution >= 4 is 12.1 Å². The third-order valence-corrected chi connectivity index (χ3v) is 3.74. The van der Waals surface area contributed by atoms with E-state index in [9.17, 15) is 19.1 Å². The maximum Gasteiger partial charge on any atom is 0.408 e. The minimum Gasteiger partial charge on any atom is -0.494 e. The number of aliphatic carboxylic acids is 1. The maximum atomic E-state index is 13.7. The van der Waals surface area contributed by atoms with Crippen LogP contribution in [0.15, 0.2) is 48.5 Å². The molecule has 0 radical (unpaired) electrons. The van der Waals surface area contributed by atoms with Gasteiger partial charge in [0.2, 0.25) is 0 Å². The Morgan fingerprint density at radius 1 is 1.15 bits per heavy atom. The minimum absolute atomic E-state index is 0.0443. The highest BCUT2D eigenvalue weighted by Crippen LogP contribution is 2.19. The number of hydrogen-bond acceptors (Lipinski definition) is 4. The van der Waals surface area contributed by atoms with Gasteiger partial charge in [0, 0.05) is 0 Å². The molecule has 0 saturated carbocycles. The lowest BCUT2D eigenvalue weighted by Crippen LogP contribution is -2.41. The van der Waals surface area contributed by atoms with Crippen molar-refractivity contribution in [3.63, 3.8) is 0 Å². The second-order valence-corrected chi connectivity index (χ2v) is 5.60. The molecular weight excluding hydrogens is 341 g/mol. The first-order valence-electron chi connectivity index (χ1n) is 8.02. The number of rotatable bonds is 8. The highest BCUT2D eigenvalue weighted by atomic mass is 19.1. The van der Waals surface area contributed by atoms with E-state index in [1.165, 1.54) is 19.2 Å². The van der Waals surface area contributed by atoms with Crippen LogP contribution in [-0.4, -0.2) is 30.3 Å². The molecule has 2 aromatic rings. The lowest BCUT2D eigenvalue weighted by Gasteiger charge is -2.15. The van der Waals surface area contributed by atoms with Crippen LogP contribution < -0.4 is 10.1 Å². The van der Waals surface area contributed by atoms with Gasteiger partial charge in [0.05, 0.1) is 7.11 Å². The summed E-state index contributed by atoms with van der Waals surface area (Å²) in [7, 11) is 1.36. The average Bonchev–Trinajstić information content (AvgIpc) is 2.64. The summed E-state index contributed by atoms with van der Waals surface area (Å²) < 4.78 is 23.5. The SMILES string of the molecule is COc1ccc(CCC(NC(=O)OCc2ccccc2)C(=O)O)cc1F. The monoisotopic (exact) mass is 361 g/mol. The number of carbonyl (C=O) groups excluding carboxylic acids is 1. The molecule has 0 fully saturated rings. The smallest absolute Gasteiger partial charge is 0.408 e. The largest absolute Gasteiger partial charge is 0.494 e. The number of ether oxygens (including phenoxy) is 2. The van der Waals surface area contributed by atoms with Crippen molar-refractivity contribution in [3.05, 3.63) is 65.5 Å². The minimum atomic E-state index is -1.18. The van der Waals surface area contributed by atoms with Crippen LogP contribution in [0.25, 0.3) is 0 Å². The second kappa shape index (κ2) is 9.41. The lowest BCUT2D eigenvalue weighted by atomic mass is 10.0. The first-order valence-corrected chi connectivity index (χ1v) is 8.02. The molecular formula is C19H20FNO5. The molecule has 0 bridgehead atoms. The summed E-state index contributed by atoms with van der Waals surface area (Å²) in [5, 5.41) is 11.6. The summed E-state index contributed by atoms with van der Waals surface area (Å²) >= 11 is 0. The number of carboxylic acid groups (broad SMARTS) is 1. The Labute approximate surface area is 150 Å². The van der Waals surface area contributed by atoms with Crippen molar-refractivity contribution in [2.45, 2.75) is 25.5 Å². The molecule has 0 aliphatic rings. The van der Waals surface area contributed by atoms with E-state index in [1.54, 1.807) is 18.2 Å². The fourth-order valence-electron chi connectivity index (χ4n) is 2.34. The Kier molecular flexibility index (Phi) is 6.96. The van der Waals surface area contributed by atoms with Crippen molar-refractivity contribution in [3.8, 4) is 5.75 Å². The van der Waals surface area contributed by atoms with Crippen LogP contribution in [0, 0.1) is 5.82 Å². The van der Waals surface area contributed by atoms with Gasteiger partial charge in [-0.25, -0.2) is 14.0 Å². The molecule has 138 valence electrons. The van der Waals surface area contributed by atoms with Crippen LogP contribution in [0.2, 0.25) is 0 Å². The molecule has 0 aromatic heterocycles. The molecule has 1 atom stereocenters. The number of aryl methyl sites for hydroxylation is 1. The predicted molar refractivity (Wildman–Crippen MR) is 92.5 cm³/mol. The Morgan fingerprint density at radius 2 is 1.88 bits per heavy atom. The molecule has 6 nitrogen and oxygen atoms in total. The van der Waals surface area contributed by atoms with Crippen molar-refractivity contribution in [2.75, 3.05) is 7.11 Å². The van der Waals surface area contributed by atoms with Crippen LogP contribution in [0.5, 0.6) is 5.75 Å². The van der Waals surface area contributed by atoms with Crippen LogP contribution in [0.1, 0.15) is 17.5 Å². The van der Waals surface area contributed by atoms with Gasteiger partial charge < -0.3 is 19.9 Å². The molecule has 1 unspecified atom stereocenters. The van der Waals surface area contributed by atoms with Gasteiger partial charge in [-0.1, -0.05) is 36.4 Å². The Morgan fingerprint density at radius 3 is 2.50 bits per heavy atom. The van der Waals surface area contributed by atoms with Crippen molar-refractivity contribution in [1.82, 2.24) is 5.32 Å². The number of hydrogen-bond donors (Lipinski definition) is 2. The molecule has 0 aliphatic heterocycles. The number of benzene rings is 2. The zero-order valence-electron chi connectivity index (χ0n) is 14.3. The topological polar surface area (TPSA) is 84.9 Å². The zero-order valence-corrected chi connectivity index (χ0v) is 14.3. The van der Waals surface area contributed by atoms with E-state index in [-0.39, 0.29) is 25.2 Å². The summed E-state index contributed by atoms with van der Waals surface area (Å²) in [6.07, 6.45) is -0.444. The summed E-state index contributed by atoms with van der Waals surface area (Å²) in [5.41, 5.74) is 1.40. The molecule has 0 spiro atoms. The summed E-state index contributed by atoms with van der Waals surface area (Å²) in [4.78, 5) is 23.1. The first kappa shape index (κ1) is 19.2. The van der Waals surface area contributed by atoms with Crippen LogP contribution in [0.4, 0.5) is 9.18 Å². The third kappa shape index (κ3) is 5.77. The molecule has 2 N–H and O–H groups in total. The number of nitrogens with one attached hydrogen (secondary N) is 1. The predicted octanol–water partition coefficient (Wildman–Crippen LogP) is 3.15. The normalized spacial score (nSPS) is 11.5. The van der Waals surface area contributed by atoms with E-state index in [0.29, 0.717) is 5.56 Å². The molecule has 26 heavy (non-hydrogen) atoms. The molecule has 2 aromatic carbocycles. The molecule has 1 amide bonds. The first-order chi connectivity index (χ1) is 12.5. The van der Waals surface area contributed by atoms with Gasteiger partial charge in [0.1, 0.15) is 12.6 Å². The van der Waals surface area contributed by atoms with E-state index in [0.717, 1.165) is 5.56 Å². The van der Waals surface area contributed by atoms with Gasteiger partial charge in [0.15, 0.2) is 11.6 Å². The standard InChI is InChI=1S/C19H20FNO5/c1-25-17-10-8-13(11-15(17)20)7-9-16(18(22)23)21-19(24)26-12-14-5-3-2-4-6-14/h2-6,8,10-11,16H,7,9,12H2,1H3,(H,21,24)(H,22,23). The van der Waals surface area contributed by atoms with E-state index >= 15 is 0 Å². The Balaban J connectivity index is 1.87. The highest BCUT2D eigenvalue weighted by Gasteiger charge is 2.20. The number of carbonyl (C=O) groups is 2. The van der Waals surface area contributed by atoms with Gasteiger partial charge >= 0.3 is 12.1 Å². The molecule has 0 heterocycles. The lowest BCUT2D eigenvalue weighted by molar-refractivity contribution is -0.139. The second-order valence-electron chi connectivity index (χ2n) is 5.60. The van der Waals surface area contributed by atoms with Crippen LogP contribution in [-0.2, 0) is 22.6 Å². The summed E-state index contributed by atoms with van der Waals surface area (Å²) in [5.74, 6) is -1.59. The average molecular weight is 361 g/mol. The number of carboxylic acids is 1. The van der Waals surface area contributed by atoms with E-state index < -0.39 is 23.9 Å². The van der Waals surface area contributed by atoms with Crippen molar-refractivity contribution in [1.29, 1.82) is 0 Å². The van der Waals surface area contributed by atoms with Gasteiger partial charge in [-0.3, -0.25) is 0 Å². The van der Waals surface area contributed by atoms with Gasteiger partial charge in [-0.2, -0.15) is 0 Å². The van der Waals surface area contributed by atoms with Crippen molar-refractivity contribution < 1.29 is 28.6 Å². The number of alkyl carbamates (subject to hydrolysis) is 1. The molecule has 0 aliphatic carbocycles. The van der Waals surface area contributed by atoms with Gasteiger partial charge in [-0.05, 0) is 36.1 Å². The molecule has 2 rings (SSSR count). The summed E-state index contributed by atoms with van der Waals surface area (Å²) in [6, 6.07) is 12.3. The van der Waals surface area contributed by atoms with Crippen LogP contribution in [0.3, 0.4) is 0 Å². The number of methoxy groups -OCH3 is 1. The molecule has 7 heteroatoms. The molecule has 0 saturated heterocycles. The number of halogens is 1. The van der Waals surface area contributed by atoms with E-state index in [2.05, 4.69) is 5.32 Å². The fraction of sp³-hybridized carbons (Fsp3) is 0.263. The van der Waals surface area contributed by atoms with E-state index in [1.807, 2.05) is 18.2 Å². The van der Waals surface area contributed by atoms with Gasteiger partial charge in [-0.15, -0.1) is 0 Å². The summed E-state index contributed by atoms with van der Waals surface area (Å²) in [6.45, 7) is 0.0443. The van der Waals surface area contributed by atoms with Crippen molar-refractivity contribution in [2.24, 2.45) is 0 Å².